The highest BCUT2D eigenvalue weighted by Gasteiger charge is 2.26. The maximum atomic E-state index is 13.1. The van der Waals surface area contributed by atoms with Crippen molar-refractivity contribution in [1.29, 1.82) is 0 Å². The molecule has 1 amide bonds. The van der Waals surface area contributed by atoms with E-state index >= 15 is 0 Å². The van der Waals surface area contributed by atoms with E-state index < -0.39 is 5.97 Å². The maximum Gasteiger partial charge on any atom is 0.356 e. The number of fused-ring (bicyclic) bond motifs is 2. The summed E-state index contributed by atoms with van der Waals surface area (Å²) < 4.78 is 12.1. The average molecular weight is 541 g/mol. The second-order valence-electron chi connectivity index (χ2n) is 9.49. The van der Waals surface area contributed by atoms with Crippen LogP contribution in [0.15, 0.2) is 60.9 Å². The molecule has 0 atom stereocenters. The lowest BCUT2D eigenvalue weighted by Crippen LogP contribution is -2.18. The summed E-state index contributed by atoms with van der Waals surface area (Å²) in [6.45, 7) is 3.15. The lowest BCUT2D eigenvalue weighted by atomic mass is 10.1. The standard InChI is InChI=1S/C30H32N6O4/c1-19-7-6-8-21(34-19)17-31-22-15-24-27(35-26(37)12-14-39-2)28(30(38)40-3)36(29(24)33-18-22)13-11-20-16-32-25-10-5-4-9-23(20)25/h4-10,15-16,18,31-32H,11-14,17H2,1-3H3,(H,35,37). The summed E-state index contributed by atoms with van der Waals surface area (Å²) in [6.07, 6.45) is 4.48. The molecule has 4 heterocycles. The van der Waals surface area contributed by atoms with Crippen molar-refractivity contribution < 1.29 is 19.1 Å². The van der Waals surface area contributed by atoms with Crippen LogP contribution in [0.5, 0.6) is 0 Å². The minimum Gasteiger partial charge on any atom is -0.464 e. The zero-order valence-corrected chi connectivity index (χ0v) is 22.8. The number of nitrogens with one attached hydrogen (secondary N) is 3. The Morgan fingerprint density at radius 2 is 1.93 bits per heavy atom. The quantitative estimate of drug-likeness (QED) is 0.205. The maximum absolute atomic E-state index is 13.1. The van der Waals surface area contributed by atoms with Gasteiger partial charge in [-0.3, -0.25) is 9.78 Å². The highest BCUT2D eigenvalue weighted by atomic mass is 16.5. The van der Waals surface area contributed by atoms with Crippen molar-refractivity contribution in [3.63, 3.8) is 0 Å². The molecule has 4 aromatic heterocycles. The van der Waals surface area contributed by atoms with Gasteiger partial charge in [0.1, 0.15) is 5.65 Å². The largest absolute Gasteiger partial charge is 0.464 e. The lowest BCUT2D eigenvalue weighted by Gasteiger charge is -2.11. The SMILES string of the molecule is COCCC(=O)Nc1c(C(=O)OC)n(CCc2c[nH]c3ccccc23)c2ncc(NCc3cccc(C)n3)cc12. The van der Waals surface area contributed by atoms with E-state index in [9.17, 15) is 9.59 Å². The molecule has 1 aromatic carbocycles. The summed E-state index contributed by atoms with van der Waals surface area (Å²) >= 11 is 0. The highest BCUT2D eigenvalue weighted by Crippen LogP contribution is 2.33. The zero-order valence-electron chi connectivity index (χ0n) is 22.8. The Labute approximate surface area is 231 Å². The number of hydrogen-bond donors (Lipinski definition) is 3. The van der Waals surface area contributed by atoms with Gasteiger partial charge >= 0.3 is 5.97 Å². The number of ether oxygens (including phenoxy) is 2. The van der Waals surface area contributed by atoms with Gasteiger partial charge in [0.2, 0.25) is 5.91 Å². The van der Waals surface area contributed by atoms with Crippen LogP contribution in [0.2, 0.25) is 0 Å². The molecule has 40 heavy (non-hydrogen) atoms. The fourth-order valence-electron chi connectivity index (χ4n) is 4.83. The first-order valence-electron chi connectivity index (χ1n) is 13.1. The third kappa shape index (κ3) is 5.67. The number of hydrogen-bond acceptors (Lipinski definition) is 7. The van der Waals surface area contributed by atoms with E-state index in [0.29, 0.717) is 36.2 Å². The van der Waals surface area contributed by atoms with Gasteiger partial charge in [-0.2, -0.15) is 0 Å². The molecule has 0 radical (unpaired) electrons. The van der Waals surface area contributed by atoms with Crippen LogP contribution in [0.3, 0.4) is 0 Å². The first-order valence-corrected chi connectivity index (χ1v) is 13.1. The Morgan fingerprint density at radius 3 is 2.73 bits per heavy atom. The van der Waals surface area contributed by atoms with Crippen molar-refractivity contribution in [3.05, 3.63) is 83.6 Å². The molecule has 0 bridgehead atoms. The molecule has 0 saturated heterocycles. The van der Waals surface area contributed by atoms with E-state index in [1.54, 1.807) is 6.20 Å². The van der Waals surface area contributed by atoms with E-state index in [1.165, 1.54) is 14.2 Å². The normalized spacial score (nSPS) is 11.2. The molecule has 0 aliphatic heterocycles. The van der Waals surface area contributed by atoms with Crippen LogP contribution in [-0.2, 0) is 33.8 Å². The number of nitrogens with zero attached hydrogens (tertiary/aromatic N) is 3. The van der Waals surface area contributed by atoms with Crippen LogP contribution in [0, 0.1) is 6.92 Å². The summed E-state index contributed by atoms with van der Waals surface area (Å²) in [7, 11) is 2.87. The molecule has 3 N–H and O–H groups in total. The molecule has 0 unspecified atom stereocenters. The molecule has 5 aromatic rings. The number of benzene rings is 1. The first kappa shape index (κ1) is 26.9. The van der Waals surface area contributed by atoms with Gasteiger partial charge in [-0.05, 0) is 43.2 Å². The number of aryl methyl sites for hydroxylation is 3. The van der Waals surface area contributed by atoms with Crippen LogP contribution in [0.25, 0.3) is 21.9 Å². The van der Waals surface area contributed by atoms with Crippen LogP contribution < -0.4 is 10.6 Å². The number of carbonyl (C=O) groups is 2. The Hall–Kier alpha value is -4.70. The first-order chi connectivity index (χ1) is 19.5. The fourth-order valence-corrected chi connectivity index (χ4v) is 4.83. The minimum absolute atomic E-state index is 0.142. The van der Waals surface area contributed by atoms with Crippen molar-refractivity contribution in [2.45, 2.75) is 32.9 Å². The molecule has 0 aliphatic carbocycles. The number of amides is 1. The van der Waals surface area contributed by atoms with E-state index in [1.807, 2.05) is 60.2 Å². The van der Waals surface area contributed by atoms with Gasteiger partial charge in [0.05, 0.1) is 49.9 Å². The molecular formula is C30H32N6O4. The van der Waals surface area contributed by atoms with Gasteiger partial charge in [-0.25, -0.2) is 9.78 Å². The Balaban J connectivity index is 1.54. The van der Waals surface area contributed by atoms with E-state index in [0.717, 1.165) is 33.5 Å². The Bertz CT molecular complexity index is 1670. The minimum atomic E-state index is -0.558. The van der Waals surface area contributed by atoms with Crippen molar-refractivity contribution >= 4 is 45.2 Å². The monoisotopic (exact) mass is 540 g/mol. The number of carbonyl (C=O) groups excluding carboxylic acids is 2. The summed E-state index contributed by atoms with van der Waals surface area (Å²) in [5.41, 5.74) is 5.90. The fraction of sp³-hybridized carbons (Fsp3) is 0.267. The Morgan fingerprint density at radius 1 is 1.07 bits per heavy atom. The number of para-hydroxylation sites is 1. The van der Waals surface area contributed by atoms with Crippen LogP contribution in [-0.4, -0.2) is 52.2 Å². The topological polar surface area (TPSA) is 123 Å². The van der Waals surface area contributed by atoms with E-state index in [2.05, 4.69) is 26.7 Å². The predicted octanol–water partition coefficient (Wildman–Crippen LogP) is 4.84. The highest BCUT2D eigenvalue weighted by molar-refractivity contribution is 6.11. The molecule has 0 spiro atoms. The molecule has 5 rings (SSSR count). The van der Waals surface area contributed by atoms with Crippen molar-refractivity contribution in [2.75, 3.05) is 31.5 Å². The number of aromatic amines is 1. The summed E-state index contributed by atoms with van der Waals surface area (Å²) in [5, 5.41) is 8.04. The average Bonchev–Trinajstić information content (AvgIpc) is 3.52. The predicted molar refractivity (Wildman–Crippen MR) is 154 cm³/mol. The number of esters is 1. The molecule has 10 nitrogen and oxygen atoms in total. The third-order valence-electron chi connectivity index (χ3n) is 6.77. The van der Waals surface area contributed by atoms with Crippen LogP contribution in [0.4, 0.5) is 11.4 Å². The van der Waals surface area contributed by atoms with Crippen molar-refractivity contribution in [1.82, 2.24) is 19.5 Å². The number of aromatic nitrogens is 4. The second-order valence-corrected chi connectivity index (χ2v) is 9.49. The lowest BCUT2D eigenvalue weighted by molar-refractivity contribution is -0.117. The second kappa shape index (κ2) is 12.0. The summed E-state index contributed by atoms with van der Waals surface area (Å²) in [6, 6.07) is 15.8. The van der Waals surface area contributed by atoms with Crippen molar-refractivity contribution in [3.8, 4) is 0 Å². The van der Waals surface area contributed by atoms with Crippen LogP contribution in [0.1, 0.15) is 33.9 Å². The summed E-state index contributed by atoms with van der Waals surface area (Å²) in [4.78, 5) is 38.5. The van der Waals surface area contributed by atoms with Gasteiger partial charge in [-0.15, -0.1) is 0 Å². The molecule has 10 heteroatoms. The van der Waals surface area contributed by atoms with Gasteiger partial charge < -0.3 is 29.7 Å². The van der Waals surface area contributed by atoms with Gasteiger partial charge in [0.25, 0.3) is 0 Å². The zero-order chi connectivity index (χ0) is 28.1. The number of methoxy groups -OCH3 is 2. The number of rotatable bonds is 11. The van der Waals surface area contributed by atoms with Gasteiger partial charge in [0, 0.05) is 41.8 Å². The van der Waals surface area contributed by atoms with Crippen LogP contribution >= 0.6 is 0 Å². The third-order valence-corrected chi connectivity index (χ3v) is 6.77. The summed E-state index contributed by atoms with van der Waals surface area (Å²) in [5.74, 6) is -0.831. The molecular weight excluding hydrogens is 508 g/mol. The molecule has 206 valence electrons. The molecule has 0 aliphatic rings. The van der Waals surface area contributed by atoms with Gasteiger partial charge in [-0.1, -0.05) is 24.3 Å². The smallest absolute Gasteiger partial charge is 0.356 e. The van der Waals surface area contributed by atoms with E-state index in [4.69, 9.17) is 14.5 Å². The molecule has 0 fully saturated rings. The number of H-pyrrole nitrogens is 1. The van der Waals surface area contributed by atoms with E-state index in [-0.39, 0.29) is 24.6 Å². The number of pyridine rings is 2. The van der Waals surface area contributed by atoms with Gasteiger partial charge in [0.15, 0.2) is 5.69 Å². The Kier molecular flexibility index (Phi) is 8.07. The molecule has 0 saturated carbocycles. The van der Waals surface area contributed by atoms with Crippen molar-refractivity contribution in [2.24, 2.45) is 0 Å². The number of anilines is 2.